The largest absolute Gasteiger partial charge is 0.354 e. The van der Waals surface area contributed by atoms with Gasteiger partial charge in [-0.1, -0.05) is 0 Å². The summed E-state index contributed by atoms with van der Waals surface area (Å²) in [6.07, 6.45) is 1.76. The molecule has 1 aliphatic heterocycles. The zero-order chi connectivity index (χ0) is 12.8. The third-order valence-corrected chi connectivity index (χ3v) is 4.45. The molecule has 0 radical (unpaired) electrons. The van der Waals surface area contributed by atoms with E-state index in [9.17, 15) is 0 Å². The Bertz CT molecular complexity index is 582. The van der Waals surface area contributed by atoms with Crippen molar-refractivity contribution in [3.63, 3.8) is 0 Å². The van der Waals surface area contributed by atoms with Crippen LogP contribution in [-0.2, 0) is 0 Å². The molecule has 0 amide bonds. The Balaban J connectivity index is 2.05. The molecule has 0 saturated carbocycles. The highest BCUT2D eigenvalue weighted by molar-refractivity contribution is 8.00. The SMILES string of the molecule is CC1(C)CN(c2nc(Cl)nc3[nH]ncc23)CCS1. The van der Waals surface area contributed by atoms with Gasteiger partial charge in [0.05, 0.1) is 11.6 Å². The van der Waals surface area contributed by atoms with Crippen molar-refractivity contribution in [2.45, 2.75) is 18.6 Å². The van der Waals surface area contributed by atoms with E-state index in [1.165, 1.54) is 0 Å². The minimum Gasteiger partial charge on any atom is -0.354 e. The van der Waals surface area contributed by atoms with Gasteiger partial charge in [0.2, 0.25) is 5.28 Å². The number of halogens is 1. The van der Waals surface area contributed by atoms with Gasteiger partial charge in [0.1, 0.15) is 5.82 Å². The van der Waals surface area contributed by atoms with Gasteiger partial charge in [0, 0.05) is 23.6 Å². The number of H-pyrrole nitrogens is 1. The Morgan fingerprint density at radius 1 is 1.44 bits per heavy atom. The molecule has 1 saturated heterocycles. The number of thioether (sulfide) groups is 1. The lowest BCUT2D eigenvalue weighted by Crippen LogP contribution is -2.43. The van der Waals surface area contributed by atoms with Crippen LogP contribution in [0, 0.1) is 0 Å². The fourth-order valence-electron chi connectivity index (χ4n) is 2.23. The average molecular weight is 284 g/mol. The first-order valence-corrected chi connectivity index (χ1v) is 7.17. The standard InChI is InChI=1S/C11H14ClN5S/c1-11(2)6-17(3-4-18-11)9-7-5-13-16-8(7)14-10(12)15-9/h5H,3-4,6H2,1-2H3,(H,13,14,15,16). The van der Waals surface area contributed by atoms with Crippen LogP contribution >= 0.6 is 23.4 Å². The summed E-state index contributed by atoms with van der Waals surface area (Å²) in [7, 11) is 0. The van der Waals surface area contributed by atoms with Crippen LogP contribution in [0.2, 0.25) is 5.28 Å². The summed E-state index contributed by atoms with van der Waals surface area (Å²) in [5.41, 5.74) is 0.695. The van der Waals surface area contributed by atoms with Crippen molar-refractivity contribution in [1.82, 2.24) is 20.2 Å². The topological polar surface area (TPSA) is 57.7 Å². The zero-order valence-corrected chi connectivity index (χ0v) is 11.8. The summed E-state index contributed by atoms with van der Waals surface area (Å²) in [6.45, 7) is 6.42. The Morgan fingerprint density at radius 3 is 3.06 bits per heavy atom. The molecule has 3 heterocycles. The number of nitrogens with zero attached hydrogens (tertiary/aromatic N) is 4. The number of fused-ring (bicyclic) bond motifs is 1. The Morgan fingerprint density at radius 2 is 2.28 bits per heavy atom. The van der Waals surface area contributed by atoms with E-state index in [1.807, 2.05) is 11.8 Å². The minimum atomic E-state index is 0.228. The van der Waals surface area contributed by atoms with Gasteiger partial charge < -0.3 is 4.90 Å². The Labute approximate surface area is 114 Å². The minimum absolute atomic E-state index is 0.228. The molecule has 0 bridgehead atoms. The van der Waals surface area contributed by atoms with Crippen molar-refractivity contribution < 1.29 is 0 Å². The van der Waals surface area contributed by atoms with E-state index in [0.29, 0.717) is 5.65 Å². The molecule has 1 N–H and O–H groups in total. The lowest BCUT2D eigenvalue weighted by Gasteiger charge is -2.38. The van der Waals surface area contributed by atoms with E-state index in [1.54, 1.807) is 6.20 Å². The number of rotatable bonds is 1. The second kappa shape index (κ2) is 4.28. The third-order valence-electron chi connectivity index (χ3n) is 2.99. The molecular formula is C11H14ClN5S. The summed E-state index contributed by atoms with van der Waals surface area (Å²) < 4.78 is 0.228. The van der Waals surface area contributed by atoms with Crippen LogP contribution in [0.1, 0.15) is 13.8 Å². The summed E-state index contributed by atoms with van der Waals surface area (Å²) in [5.74, 6) is 1.97. The van der Waals surface area contributed by atoms with Crippen molar-refractivity contribution >= 4 is 40.2 Å². The molecule has 2 aromatic heterocycles. The molecule has 96 valence electrons. The van der Waals surface area contributed by atoms with Gasteiger partial charge in [-0.2, -0.15) is 26.8 Å². The number of hydrogen-bond acceptors (Lipinski definition) is 5. The quantitative estimate of drug-likeness (QED) is 0.814. The maximum Gasteiger partial charge on any atom is 0.226 e. The maximum absolute atomic E-state index is 5.97. The van der Waals surface area contributed by atoms with E-state index in [-0.39, 0.29) is 10.0 Å². The van der Waals surface area contributed by atoms with Gasteiger partial charge in [-0.05, 0) is 25.4 Å². The van der Waals surface area contributed by atoms with Crippen LogP contribution in [0.15, 0.2) is 6.20 Å². The van der Waals surface area contributed by atoms with Crippen molar-refractivity contribution in [1.29, 1.82) is 0 Å². The molecule has 0 atom stereocenters. The van der Waals surface area contributed by atoms with Crippen LogP contribution < -0.4 is 4.90 Å². The highest BCUT2D eigenvalue weighted by Crippen LogP contribution is 2.33. The average Bonchev–Trinajstić information content (AvgIpc) is 2.74. The van der Waals surface area contributed by atoms with E-state index < -0.39 is 0 Å². The molecule has 18 heavy (non-hydrogen) atoms. The highest BCUT2D eigenvalue weighted by atomic mass is 35.5. The summed E-state index contributed by atoms with van der Waals surface area (Å²) in [4.78, 5) is 10.8. The molecule has 1 fully saturated rings. The normalized spacial score (nSPS) is 19.4. The molecule has 1 aliphatic rings. The first-order valence-electron chi connectivity index (χ1n) is 5.81. The monoisotopic (exact) mass is 283 g/mol. The van der Waals surface area contributed by atoms with Gasteiger partial charge >= 0.3 is 0 Å². The van der Waals surface area contributed by atoms with Crippen LogP contribution in [0.25, 0.3) is 11.0 Å². The van der Waals surface area contributed by atoms with E-state index in [2.05, 4.69) is 38.9 Å². The fourth-order valence-corrected chi connectivity index (χ4v) is 3.51. The molecule has 0 aromatic carbocycles. The first-order chi connectivity index (χ1) is 8.55. The van der Waals surface area contributed by atoms with Crippen molar-refractivity contribution in [3.05, 3.63) is 11.5 Å². The van der Waals surface area contributed by atoms with Crippen LogP contribution in [0.5, 0.6) is 0 Å². The predicted molar refractivity (Wildman–Crippen MR) is 75.4 cm³/mol. The lowest BCUT2D eigenvalue weighted by molar-refractivity contribution is 0.643. The van der Waals surface area contributed by atoms with Gasteiger partial charge in [-0.3, -0.25) is 5.10 Å². The van der Waals surface area contributed by atoms with Gasteiger partial charge in [0.15, 0.2) is 5.65 Å². The first kappa shape index (κ1) is 12.0. The van der Waals surface area contributed by atoms with Crippen molar-refractivity contribution in [3.8, 4) is 0 Å². The zero-order valence-electron chi connectivity index (χ0n) is 10.3. The smallest absolute Gasteiger partial charge is 0.226 e. The van der Waals surface area contributed by atoms with Gasteiger partial charge in [0.25, 0.3) is 0 Å². The molecular weight excluding hydrogens is 270 g/mol. The highest BCUT2D eigenvalue weighted by Gasteiger charge is 2.29. The molecule has 5 nitrogen and oxygen atoms in total. The van der Waals surface area contributed by atoms with Gasteiger partial charge in [-0.25, -0.2) is 0 Å². The van der Waals surface area contributed by atoms with E-state index >= 15 is 0 Å². The Hall–Kier alpha value is -1.01. The van der Waals surface area contributed by atoms with Crippen LogP contribution in [-0.4, -0.2) is 43.8 Å². The number of aromatic nitrogens is 4. The number of aromatic amines is 1. The van der Waals surface area contributed by atoms with Crippen LogP contribution in [0.3, 0.4) is 0 Å². The second-order valence-corrected chi connectivity index (χ2v) is 7.12. The number of nitrogens with one attached hydrogen (secondary N) is 1. The number of anilines is 1. The number of hydrogen-bond donors (Lipinski definition) is 1. The van der Waals surface area contributed by atoms with E-state index in [0.717, 1.165) is 30.0 Å². The van der Waals surface area contributed by atoms with Crippen molar-refractivity contribution in [2.75, 3.05) is 23.7 Å². The molecule has 3 rings (SSSR count). The fraction of sp³-hybridized carbons (Fsp3) is 0.545. The molecule has 0 aliphatic carbocycles. The Kier molecular flexibility index (Phi) is 2.86. The predicted octanol–water partition coefficient (Wildman–Crippen LogP) is 2.34. The van der Waals surface area contributed by atoms with Gasteiger partial charge in [-0.15, -0.1) is 0 Å². The molecule has 7 heteroatoms. The maximum atomic E-state index is 5.97. The molecule has 0 spiro atoms. The van der Waals surface area contributed by atoms with E-state index in [4.69, 9.17) is 11.6 Å². The summed E-state index contributed by atoms with van der Waals surface area (Å²) in [6, 6.07) is 0. The third kappa shape index (κ3) is 2.14. The lowest BCUT2D eigenvalue weighted by atomic mass is 10.2. The van der Waals surface area contributed by atoms with Crippen LogP contribution in [0.4, 0.5) is 5.82 Å². The molecule has 0 unspecified atom stereocenters. The summed E-state index contributed by atoms with van der Waals surface area (Å²) in [5, 5.41) is 8.05. The van der Waals surface area contributed by atoms with Crippen molar-refractivity contribution in [2.24, 2.45) is 0 Å². The second-order valence-electron chi connectivity index (χ2n) is 4.98. The molecule has 2 aromatic rings. The summed E-state index contributed by atoms with van der Waals surface area (Å²) >= 11 is 7.96.